The molecule has 0 aliphatic rings. The van der Waals surface area contributed by atoms with Gasteiger partial charge >= 0.3 is 0 Å². The Labute approximate surface area is 122 Å². The van der Waals surface area contributed by atoms with Crippen molar-refractivity contribution < 1.29 is 4.79 Å². The topological polar surface area (TPSA) is 78.0 Å². The number of rotatable bonds is 3. The smallest absolute Gasteiger partial charge is 0.269 e. The number of aromatic nitrogens is 2. The molecule has 0 unspecified atom stereocenters. The average Bonchev–Trinajstić information content (AvgIpc) is 2.40. The zero-order chi connectivity index (χ0) is 14.0. The van der Waals surface area contributed by atoms with E-state index in [0.717, 1.165) is 5.56 Å². The van der Waals surface area contributed by atoms with E-state index in [1.807, 2.05) is 0 Å². The lowest BCUT2D eigenvalue weighted by atomic mass is 10.1. The molecule has 0 radical (unpaired) electrons. The fourth-order valence-electron chi connectivity index (χ4n) is 1.58. The van der Waals surface area contributed by atoms with Gasteiger partial charge in [-0.3, -0.25) is 14.2 Å². The van der Waals surface area contributed by atoms with Gasteiger partial charge in [0.15, 0.2) is 5.15 Å². The first-order valence-electron chi connectivity index (χ1n) is 5.28. The van der Waals surface area contributed by atoms with Crippen LogP contribution in [0.2, 0.25) is 5.15 Å². The number of primary amides is 1. The molecule has 5 nitrogen and oxygen atoms in total. The third-order valence-electron chi connectivity index (χ3n) is 2.50. The summed E-state index contributed by atoms with van der Waals surface area (Å²) in [4.78, 5) is 26.9. The minimum Gasteiger partial charge on any atom is -0.366 e. The van der Waals surface area contributed by atoms with E-state index in [2.05, 4.69) is 20.9 Å². The third kappa shape index (κ3) is 3.02. The zero-order valence-electron chi connectivity index (χ0n) is 9.64. The van der Waals surface area contributed by atoms with Crippen molar-refractivity contribution in [1.29, 1.82) is 0 Å². The van der Waals surface area contributed by atoms with Gasteiger partial charge in [-0.05, 0) is 33.6 Å². The van der Waals surface area contributed by atoms with Gasteiger partial charge in [0.1, 0.15) is 4.47 Å². The molecule has 2 rings (SSSR count). The van der Waals surface area contributed by atoms with Crippen LogP contribution in [0.4, 0.5) is 0 Å². The van der Waals surface area contributed by atoms with Crippen molar-refractivity contribution in [2.45, 2.75) is 6.54 Å². The minimum atomic E-state index is -0.510. The van der Waals surface area contributed by atoms with Gasteiger partial charge in [0.25, 0.3) is 5.56 Å². The molecule has 19 heavy (non-hydrogen) atoms. The number of hydrogen-bond donors (Lipinski definition) is 1. The Kier molecular flexibility index (Phi) is 4.01. The van der Waals surface area contributed by atoms with Crippen molar-refractivity contribution in [3.63, 3.8) is 0 Å². The Bertz CT molecular complexity index is 700. The van der Waals surface area contributed by atoms with Gasteiger partial charge in [0, 0.05) is 5.56 Å². The molecular formula is C12H9BrClN3O2. The highest BCUT2D eigenvalue weighted by atomic mass is 79.9. The van der Waals surface area contributed by atoms with Gasteiger partial charge in [0.05, 0.1) is 12.9 Å². The van der Waals surface area contributed by atoms with Crippen molar-refractivity contribution in [1.82, 2.24) is 9.55 Å². The second-order valence-electron chi connectivity index (χ2n) is 3.85. The van der Waals surface area contributed by atoms with E-state index in [1.165, 1.54) is 10.9 Å². The molecule has 7 heteroatoms. The van der Waals surface area contributed by atoms with E-state index in [4.69, 9.17) is 17.3 Å². The van der Waals surface area contributed by atoms with E-state index in [-0.39, 0.29) is 21.7 Å². The van der Waals surface area contributed by atoms with Crippen LogP contribution >= 0.6 is 27.5 Å². The maximum Gasteiger partial charge on any atom is 0.269 e. The summed E-state index contributed by atoms with van der Waals surface area (Å²) in [6.07, 6.45) is 1.35. The summed E-state index contributed by atoms with van der Waals surface area (Å²) in [5, 5.41) is 0.118. The third-order valence-corrected chi connectivity index (χ3v) is 3.73. The van der Waals surface area contributed by atoms with Crippen LogP contribution in [0.25, 0.3) is 0 Å². The van der Waals surface area contributed by atoms with Crippen LogP contribution in [0, 0.1) is 0 Å². The number of nitrogens with two attached hydrogens (primary N) is 1. The van der Waals surface area contributed by atoms with Gasteiger partial charge in [-0.25, -0.2) is 4.98 Å². The number of carbonyl (C=O) groups excluding carboxylic acids is 1. The predicted octanol–water partition coefficient (Wildman–Crippen LogP) is 1.81. The molecule has 1 aromatic heterocycles. The van der Waals surface area contributed by atoms with Crippen LogP contribution in [0.3, 0.4) is 0 Å². The molecule has 0 aliphatic heterocycles. The maximum absolute atomic E-state index is 11.9. The monoisotopic (exact) mass is 341 g/mol. The molecule has 98 valence electrons. The molecule has 2 aromatic rings. The van der Waals surface area contributed by atoms with Gasteiger partial charge in [-0.15, -0.1) is 0 Å². The van der Waals surface area contributed by atoms with Crippen LogP contribution in [0.15, 0.2) is 39.9 Å². The van der Waals surface area contributed by atoms with E-state index in [1.54, 1.807) is 24.3 Å². The van der Waals surface area contributed by atoms with Crippen LogP contribution < -0.4 is 11.3 Å². The minimum absolute atomic E-state index is 0.118. The van der Waals surface area contributed by atoms with Crippen molar-refractivity contribution >= 4 is 33.4 Å². The number of halogens is 2. The molecule has 1 amide bonds. The standard InChI is InChI=1S/C12H9BrClN3O2/c13-9-10(14)16-6-17(12(9)19)5-7-2-1-3-8(4-7)11(15)18/h1-4,6H,5H2,(H2,15,18). The van der Waals surface area contributed by atoms with Crippen molar-refractivity contribution in [2.24, 2.45) is 5.73 Å². The summed E-state index contributed by atoms with van der Waals surface area (Å²) in [7, 11) is 0. The maximum atomic E-state index is 11.9. The van der Waals surface area contributed by atoms with Crippen molar-refractivity contribution in [3.8, 4) is 0 Å². The lowest BCUT2D eigenvalue weighted by Crippen LogP contribution is -2.22. The summed E-state index contributed by atoms with van der Waals surface area (Å²) < 4.78 is 1.60. The van der Waals surface area contributed by atoms with Gasteiger partial charge in [-0.1, -0.05) is 23.7 Å². The number of hydrogen-bond acceptors (Lipinski definition) is 3. The average molecular weight is 343 g/mol. The highest BCUT2D eigenvalue weighted by Crippen LogP contribution is 2.14. The number of benzene rings is 1. The largest absolute Gasteiger partial charge is 0.366 e. The van der Waals surface area contributed by atoms with E-state index < -0.39 is 5.91 Å². The molecule has 0 saturated heterocycles. The van der Waals surface area contributed by atoms with Crippen LogP contribution in [0.1, 0.15) is 15.9 Å². The zero-order valence-corrected chi connectivity index (χ0v) is 12.0. The molecule has 1 aromatic carbocycles. The first-order valence-corrected chi connectivity index (χ1v) is 6.45. The first kappa shape index (κ1) is 13.8. The molecule has 0 atom stereocenters. The second-order valence-corrected chi connectivity index (χ2v) is 5.00. The Hall–Kier alpha value is -1.66. The quantitative estimate of drug-likeness (QED) is 0.864. The molecule has 0 bridgehead atoms. The molecule has 0 saturated carbocycles. The fourth-order valence-corrected chi connectivity index (χ4v) is 2.03. The van der Waals surface area contributed by atoms with Crippen LogP contribution in [-0.2, 0) is 6.54 Å². The highest BCUT2D eigenvalue weighted by molar-refractivity contribution is 9.10. The molecule has 0 aliphatic carbocycles. The fraction of sp³-hybridized carbons (Fsp3) is 0.0833. The van der Waals surface area contributed by atoms with E-state index in [9.17, 15) is 9.59 Å². The molecule has 0 fully saturated rings. The van der Waals surface area contributed by atoms with Gasteiger partial charge in [-0.2, -0.15) is 0 Å². The normalized spacial score (nSPS) is 10.4. The van der Waals surface area contributed by atoms with Gasteiger partial charge in [0.2, 0.25) is 5.91 Å². The van der Waals surface area contributed by atoms with Crippen molar-refractivity contribution in [3.05, 3.63) is 61.7 Å². The lowest BCUT2D eigenvalue weighted by Gasteiger charge is -2.07. The molecule has 0 spiro atoms. The number of carbonyl (C=O) groups is 1. The summed E-state index contributed by atoms with van der Waals surface area (Å²) >= 11 is 8.80. The SMILES string of the molecule is NC(=O)c1cccc(Cn2cnc(Cl)c(Br)c2=O)c1. The van der Waals surface area contributed by atoms with Crippen LogP contribution in [-0.4, -0.2) is 15.5 Å². The Balaban J connectivity index is 2.37. The van der Waals surface area contributed by atoms with E-state index in [0.29, 0.717) is 5.56 Å². The number of amides is 1. The van der Waals surface area contributed by atoms with Crippen LogP contribution in [0.5, 0.6) is 0 Å². The lowest BCUT2D eigenvalue weighted by molar-refractivity contribution is 0.1000. The summed E-state index contributed by atoms with van der Waals surface area (Å²) in [5.74, 6) is -0.510. The molecular weight excluding hydrogens is 334 g/mol. The predicted molar refractivity (Wildman–Crippen MR) is 75.3 cm³/mol. The Morgan fingerprint density at radius 3 is 2.89 bits per heavy atom. The van der Waals surface area contributed by atoms with E-state index >= 15 is 0 Å². The van der Waals surface area contributed by atoms with Crippen molar-refractivity contribution in [2.75, 3.05) is 0 Å². The summed E-state index contributed by atoms with van der Waals surface area (Å²) in [6.45, 7) is 0.280. The highest BCUT2D eigenvalue weighted by Gasteiger charge is 2.08. The molecule has 1 heterocycles. The first-order chi connectivity index (χ1) is 8.99. The molecule has 2 N–H and O–H groups in total. The number of nitrogens with zero attached hydrogens (tertiary/aromatic N) is 2. The van der Waals surface area contributed by atoms with Gasteiger partial charge < -0.3 is 5.73 Å². The second kappa shape index (κ2) is 5.54. The Morgan fingerprint density at radius 2 is 2.21 bits per heavy atom. The summed E-state index contributed by atoms with van der Waals surface area (Å²) in [6, 6.07) is 6.75. The summed E-state index contributed by atoms with van der Waals surface area (Å²) in [5.41, 5.74) is 6.09. The Morgan fingerprint density at radius 1 is 1.47 bits per heavy atom.